The molecular weight excluding hydrogens is 312 g/mol. The minimum atomic E-state index is -0.332. The van der Waals surface area contributed by atoms with E-state index in [9.17, 15) is 4.79 Å². The van der Waals surface area contributed by atoms with Crippen LogP contribution in [0.1, 0.15) is 16.3 Å². The summed E-state index contributed by atoms with van der Waals surface area (Å²) in [6, 6.07) is 9.60. The number of carbonyl (C=O) groups excluding carboxylic acids is 1. The van der Waals surface area contributed by atoms with E-state index in [4.69, 9.17) is 4.42 Å². The third-order valence-corrected chi connectivity index (χ3v) is 4.04. The summed E-state index contributed by atoms with van der Waals surface area (Å²) in [5.74, 6) is 0.0247. The van der Waals surface area contributed by atoms with Crippen molar-refractivity contribution in [1.29, 1.82) is 0 Å². The van der Waals surface area contributed by atoms with Crippen LogP contribution in [0.3, 0.4) is 0 Å². The van der Waals surface area contributed by atoms with Crippen LogP contribution >= 0.6 is 11.3 Å². The Bertz CT molecular complexity index is 852. The quantitative estimate of drug-likeness (QED) is 0.743. The smallest absolute Gasteiger partial charge is 0.322 e. The van der Waals surface area contributed by atoms with Gasteiger partial charge in [-0.05, 0) is 25.5 Å². The lowest BCUT2D eigenvalue weighted by atomic mass is 10.2. The van der Waals surface area contributed by atoms with Crippen LogP contribution in [-0.4, -0.2) is 21.1 Å². The zero-order valence-corrected chi connectivity index (χ0v) is 13.4. The van der Waals surface area contributed by atoms with Crippen molar-refractivity contribution in [3.05, 3.63) is 52.7 Å². The molecular formula is C16H14N4O2S. The van der Waals surface area contributed by atoms with Crippen LogP contribution in [0.5, 0.6) is 0 Å². The van der Waals surface area contributed by atoms with E-state index >= 15 is 0 Å². The number of benzene rings is 1. The maximum absolute atomic E-state index is 11.9. The standard InChI is InChI=1S/C16H14N4O2S/c1-10-14(23-11(2)17-10)15-19-20-16(22-15)18-13(21)9-8-12-6-4-3-5-7-12/h3-9H,1-2H3,(H,18,20,21)/b9-8+. The van der Waals surface area contributed by atoms with Crippen LogP contribution in [0.15, 0.2) is 40.8 Å². The van der Waals surface area contributed by atoms with Gasteiger partial charge in [-0.15, -0.1) is 16.4 Å². The fraction of sp³-hybridized carbons (Fsp3) is 0.125. The van der Waals surface area contributed by atoms with Crippen molar-refractivity contribution in [2.45, 2.75) is 13.8 Å². The maximum Gasteiger partial charge on any atom is 0.322 e. The van der Waals surface area contributed by atoms with E-state index in [1.807, 2.05) is 44.2 Å². The molecule has 0 saturated heterocycles. The third-order valence-electron chi connectivity index (χ3n) is 2.98. The lowest BCUT2D eigenvalue weighted by Crippen LogP contribution is -2.07. The predicted octanol–water partition coefficient (Wildman–Crippen LogP) is 3.46. The minimum absolute atomic E-state index is 0.0631. The number of rotatable bonds is 4. The summed E-state index contributed by atoms with van der Waals surface area (Å²) in [6.45, 7) is 3.79. The number of carbonyl (C=O) groups is 1. The Morgan fingerprint density at radius 1 is 1.22 bits per heavy atom. The molecule has 0 radical (unpaired) electrons. The van der Waals surface area contributed by atoms with Gasteiger partial charge < -0.3 is 4.42 Å². The fourth-order valence-corrected chi connectivity index (χ4v) is 2.82. The van der Waals surface area contributed by atoms with Crippen molar-refractivity contribution >= 4 is 29.3 Å². The number of amides is 1. The molecule has 23 heavy (non-hydrogen) atoms. The molecule has 3 aromatic rings. The first-order valence-electron chi connectivity index (χ1n) is 6.94. The van der Waals surface area contributed by atoms with Crippen LogP contribution in [0.25, 0.3) is 16.8 Å². The Balaban J connectivity index is 1.68. The SMILES string of the molecule is Cc1nc(C)c(-c2nnc(NC(=O)/C=C/c3ccccc3)o2)s1. The fourth-order valence-electron chi connectivity index (χ4n) is 1.98. The first kappa shape index (κ1) is 15.1. The number of nitrogens with zero attached hydrogens (tertiary/aromatic N) is 3. The predicted molar refractivity (Wildman–Crippen MR) is 89.0 cm³/mol. The molecule has 0 unspecified atom stereocenters. The van der Waals surface area contributed by atoms with E-state index in [2.05, 4.69) is 20.5 Å². The molecule has 0 saturated carbocycles. The summed E-state index contributed by atoms with van der Waals surface area (Å²) in [4.78, 5) is 17.0. The number of aromatic nitrogens is 3. The Kier molecular flexibility index (Phi) is 4.29. The molecule has 2 heterocycles. The molecule has 0 aliphatic heterocycles. The van der Waals surface area contributed by atoms with Crippen LogP contribution in [0.4, 0.5) is 6.01 Å². The summed E-state index contributed by atoms with van der Waals surface area (Å²) in [6.07, 6.45) is 3.13. The summed E-state index contributed by atoms with van der Waals surface area (Å²) in [5.41, 5.74) is 1.77. The van der Waals surface area contributed by atoms with Gasteiger partial charge >= 0.3 is 6.01 Å². The topological polar surface area (TPSA) is 80.9 Å². The van der Waals surface area contributed by atoms with Crippen molar-refractivity contribution in [3.63, 3.8) is 0 Å². The third kappa shape index (κ3) is 3.70. The average Bonchev–Trinajstić information content (AvgIpc) is 3.12. The van der Waals surface area contributed by atoms with E-state index < -0.39 is 0 Å². The Labute approximate surface area is 136 Å². The molecule has 116 valence electrons. The van der Waals surface area contributed by atoms with Gasteiger partial charge in [-0.25, -0.2) is 4.98 Å². The molecule has 0 aliphatic rings. The molecule has 1 aromatic carbocycles. The first-order chi connectivity index (χ1) is 11.1. The molecule has 6 nitrogen and oxygen atoms in total. The van der Waals surface area contributed by atoms with E-state index in [0.29, 0.717) is 5.89 Å². The van der Waals surface area contributed by atoms with Gasteiger partial charge in [-0.2, -0.15) is 0 Å². The van der Waals surface area contributed by atoms with Crippen molar-refractivity contribution in [1.82, 2.24) is 15.2 Å². The highest BCUT2D eigenvalue weighted by Crippen LogP contribution is 2.29. The van der Waals surface area contributed by atoms with Gasteiger partial charge in [-0.1, -0.05) is 35.4 Å². The summed E-state index contributed by atoms with van der Waals surface area (Å²) < 4.78 is 5.47. The highest BCUT2D eigenvalue weighted by Gasteiger charge is 2.15. The van der Waals surface area contributed by atoms with Gasteiger partial charge in [0.05, 0.1) is 10.7 Å². The molecule has 0 aliphatic carbocycles. The molecule has 2 aromatic heterocycles. The van der Waals surface area contributed by atoms with E-state index in [1.54, 1.807) is 6.08 Å². The Morgan fingerprint density at radius 3 is 2.70 bits per heavy atom. The highest BCUT2D eigenvalue weighted by molar-refractivity contribution is 7.15. The van der Waals surface area contributed by atoms with Crippen molar-refractivity contribution in [3.8, 4) is 10.8 Å². The molecule has 1 amide bonds. The van der Waals surface area contributed by atoms with E-state index in [1.165, 1.54) is 17.4 Å². The van der Waals surface area contributed by atoms with Gasteiger partial charge in [0.25, 0.3) is 11.8 Å². The van der Waals surface area contributed by atoms with Gasteiger partial charge in [0.1, 0.15) is 4.88 Å². The number of thiazole rings is 1. The van der Waals surface area contributed by atoms with E-state index in [0.717, 1.165) is 21.1 Å². The molecule has 0 atom stereocenters. The maximum atomic E-state index is 11.9. The van der Waals surface area contributed by atoms with Crippen LogP contribution in [0.2, 0.25) is 0 Å². The normalized spacial score (nSPS) is 11.0. The molecule has 3 rings (SSSR count). The van der Waals surface area contributed by atoms with Gasteiger partial charge in [0.2, 0.25) is 0 Å². The molecule has 0 fully saturated rings. The van der Waals surface area contributed by atoms with Crippen molar-refractivity contribution in [2.75, 3.05) is 5.32 Å². The molecule has 1 N–H and O–H groups in total. The lowest BCUT2D eigenvalue weighted by Gasteiger charge is -1.94. The second-order valence-electron chi connectivity index (χ2n) is 4.79. The zero-order chi connectivity index (χ0) is 16.2. The van der Waals surface area contributed by atoms with Gasteiger partial charge in [0, 0.05) is 6.08 Å². The second-order valence-corrected chi connectivity index (χ2v) is 6.00. The summed E-state index contributed by atoms with van der Waals surface area (Å²) >= 11 is 1.47. The summed E-state index contributed by atoms with van der Waals surface area (Å²) in [5, 5.41) is 11.3. The monoisotopic (exact) mass is 326 g/mol. The zero-order valence-electron chi connectivity index (χ0n) is 12.6. The molecule has 0 spiro atoms. The number of aryl methyl sites for hydroxylation is 2. The number of nitrogens with one attached hydrogen (secondary N) is 1. The molecule has 7 heteroatoms. The largest absolute Gasteiger partial charge is 0.402 e. The summed E-state index contributed by atoms with van der Waals surface area (Å²) in [7, 11) is 0. The van der Waals surface area contributed by atoms with Crippen molar-refractivity contribution < 1.29 is 9.21 Å². The average molecular weight is 326 g/mol. The van der Waals surface area contributed by atoms with Crippen LogP contribution in [0, 0.1) is 13.8 Å². The van der Waals surface area contributed by atoms with Gasteiger partial charge in [0.15, 0.2) is 0 Å². The van der Waals surface area contributed by atoms with Crippen LogP contribution in [-0.2, 0) is 4.79 Å². The highest BCUT2D eigenvalue weighted by atomic mass is 32.1. The number of hydrogen-bond donors (Lipinski definition) is 1. The Morgan fingerprint density at radius 2 is 2.00 bits per heavy atom. The van der Waals surface area contributed by atoms with E-state index in [-0.39, 0.29) is 11.9 Å². The minimum Gasteiger partial charge on any atom is -0.402 e. The Hall–Kier alpha value is -2.80. The lowest BCUT2D eigenvalue weighted by molar-refractivity contribution is -0.112. The second kappa shape index (κ2) is 6.53. The number of anilines is 1. The first-order valence-corrected chi connectivity index (χ1v) is 7.75. The molecule has 0 bridgehead atoms. The van der Waals surface area contributed by atoms with Crippen molar-refractivity contribution in [2.24, 2.45) is 0 Å². The van der Waals surface area contributed by atoms with Gasteiger partial charge in [-0.3, -0.25) is 10.1 Å². The van der Waals surface area contributed by atoms with Crippen LogP contribution < -0.4 is 5.32 Å². The number of hydrogen-bond acceptors (Lipinski definition) is 6.